The van der Waals surface area contributed by atoms with E-state index in [1.165, 1.54) is 0 Å². The second-order valence-electron chi connectivity index (χ2n) is 5.52. The number of rotatable bonds is 15. The lowest BCUT2D eigenvalue weighted by molar-refractivity contribution is -0.138. The van der Waals surface area contributed by atoms with Crippen LogP contribution in [0.1, 0.15) is 64.2 Å². The second-order valence-corrected chi connectivity index (χ2v) is 5.52. The van der Waals surface area contributed by atoms with Crippen molar-refractivity contribution in [2.24, 2.45) is 0 Å². The van der Waals surface area contributed by atoms with E-state index in [9.17, 15) is 9.59 Å². The molecule has 0 unspecified atom stereocenters. The molecule has 0 aliphatic carbocycles. The molecule has 0 aliphatic rings. The Hall–Kier alpha value is -2.10. The van der Waals surface area contributed by atoms with Gasteiger partial charge in [-0.2, -0.15) is 0 Å². The van der Waals surface area contributed by atoms with Crippen LogP contribution in [0.4, 0.5) is 0 Å². The molecular weight excluding hydrogens is 304 g/mol. The molecule has 0 spiro atoms. The van der Waals surface area contributed by atoms with Crippen LogP contribution in [0.25, 0.3) is 0 Å². The molecule has 0 saturated heterocycles. The van der Waals surface area contributed by atoms with Crippen LogP contribution in [0.2, 0.25) is 0 Å². The van der Waals surface area contributed by atoms with Crippen LogP contribution < -0.4 is 0 Å². The summed E-state index contributed by atoms with van der Waals surface area (Å²) in [4.78, 5) is 20.6. The van der Waals surface area contributed by atoms with Crippen molar-refractivity contribution in [1.82, 2.24) is 0 Å². The molecule has 0 aromatic rings. The summed E-state index contributed by atoms with van der Waals surface area (Å²) in [6.45, 7) is 0. The summed E-state index contributed by atoms with van der Waals surface area (Å²) in [6, 6.07) is 0. The number of carbonyl (C=O) groups is 2. The molecule has 0 saturated carbocycles. The lowest BCUT2D eigenvalue weighted by Crippen LogP contribution is -1.92. The molecule has 0 amide bonds. The summed E-state index contributed by atoms with van der Waals surface area (Å²) in [6.07, 6.45) is 24.1. The quantitative estimate of drug-likeness (QED) is 0.315. The van der Waals surface area contributed by atoms with E-state index in [0.29, 0.717) is 6.42 Å². The Bertz CT molecular complexity index is 445. The predicted molar refractivity (Wildman–Crippen MR) is 98.0 cm³/mol. The fourth-order valence-electron chi connectivity index (χ4n) is 1.96. The van der Waals surface area contributed by atoms with Gasteiger partial charge in [0.25, 0.3) is 0 Å². The highest BCUT2D eigenvalue weighted by molar-refractivity contribution is 5.66. The monoisotopic (exact) mass is 334 g/mol. The first kappa shape index (κ1) is 21.9. The van der Waals surface area contributed by atoms with Crippen molar-refractivity contribution in [2.45, 2.75) is 64.2 Å². The van der Waals surface area contributed by atoms with E-state index in [2.05, 4.69) is 42.5 Å². The Labute approximate surface area is 145 Å². The fourth-order valence-corrected chi connectivity index (χ4v) is 1.96. The molecule has 0 aliphatic heterocycles. The zero-order valence-corrected chi connectivity index (χ0v) is 14.4. The topological polar surface area (TPSA) is 74.6 Å². The molecule has 4 nitrogen and oxygen atoms in total. The summed E-state index contributed by atoms with van der Waals surface area (Å²) in [5.41, 5.74) is 0. The fraction of sp³-hybridized carbons (Fsp3) is 0.500. The van der Waals surface area contributed by atoms with Crippen molar-refractivity contribution in [3.05, 3.63) is 48.6 Å². The van der Waals surface area contributed by atoms with Crippen LogP contribution in [-0.4, -0.2) is 22.2 Å². The minimum atomic E-state index is -0.733. The molecule has 0 rings (SSSR count). The zero-order chi connectivity index (χ0) is 17.9. The SMILES string of the molecule is O=C(O)CCC/C=C/C/C=C/C/C=C/C/C=C/CCCCC(=O)O. The van der Waals surface area contributed by atoms with Gasteiger partial charge in [0.15, 0.2) is 0 Å². The van der Waals surface area contributed by atoms with Gasteiger partial charge in [0.05, 0.1) is 0 Å². The molecule has 0 bridgehead atoms. The van der Waals surface area contributed by atoms with Crippen molar-refractivity contribution in [2.75, 3.05) is 0 Å². The molecule has 0 aromatic heterocycles. The summed E-state index contributed by atoms with van der Waals surface area (Å²) in [7, 11) is 0. The van der Waals surface area contributed by atoms with Gasteiger partial charge in [-0.1, -0.05) is 48.6 Å². The summed E-state index contributed by atoms with van der Waals surface area (Å²) < 4.78 is 0. The van der Waals surface area contributed by atoms with Crippen LogP contribution in [0, 0.1) is 0 Å². The molecule has 0 radical (unpaired) electrons. The van der Waals surface area contributed by atoms with Crippen molar-refractivity contribution < 1.29 is 19.8 Å². The minimum Gasteiger partial charge on any atom is -0.481 e. The van der Waals surface area contributed by atoms with Gasteiger partial charge in [0.2, 0.25) is 0 Å². The van der Waals surface area contributed by atoms with Gasteiger partial charge in [-0.25, -0.2) is 0 Å². The molecule has 0 fully saturated rings. The third kappa shape index (κ3) is 19.9. The van der Waals surface area contributed by atoms with Crippen LogP contribution in [0.3, 0.4) is 0 Å². The van der Waals surface area contributed by atoms with Gasteiger partial charge in [-0.05, 0) is 51.4 Å². The van der Waals surface area contributed by atoms with E-state index in [1.807, 2.05) is 6.08 Å². The Morgan fingerprint density at radius 3 is 1.38 bits per heavy atom. The molecule has 0 aromatic carbocycles. The first-order chi connectivity index (χ1) is 11.6. The molecule has 2 N–H and O–H groups in total. The Kier molecular flexibility index (Phi) is 15.7. The maximum atomic E-state index is 10.3. The normalized spacial score (nSPS) is 12.2. The standard InChI is InChI=1S/C20H30O4/c21-19(22)17-15-13-11-9-7-5-3-1-2-4-6-8-10-12-14-16-18-20(23)24/h1,3-4,6-7,9-10,12H,2,5,8,11,13-18H2,(H,21,22)(H,23,24)/b3-1+,6-4+,9-7+,12-10+. The highest BCUT2D eigenvalue weighted by atomic mass is 16.4. The first-order valence-electron chi connectivity index (χ1n) is 8.66. The van der Waals surface area contributed by atoms with Crippen LogP contribution in [0.15, 0.2) is 48.6 Å². The Morgan fingerprint density at radius 2 is 0.917 bits per heavy atom. The lowest BCUT2D eigenvalue weighted by Gasteiger charge is -1.92. The molecule has 24 heavy (non-hydrogen) atoms. The highest BCUT2D eigenvalue weighted by Gasteiger charge is 1.94. The number of allylic oxidation sites excluding steroid dienone is 8. The number of carboxylic acids is 2. The summed E-state index contributed by atoms with van der Waals surface area (Å²) >= 11 is 0. The molecule has 0 atom stereocenters. The molecular formula is C20H30O4. The van der Waals surface area contributed by atoms with E-state index in [4.69, 9.17) is 10.2 Å². The van der Waals surface area contributed by atoms with Crippen molar-refractivity contribution in [3.8, 4) is 0 Å². The maximum Gasteiger partial charge on any atom is 0.303 e. The highest BCUT2D eigenvalue weighted by Crippen LogP contribution is 2.02. The van der Waals surface area contributed by atoms with E-state index < -0.39 is 11.9 Å². The minimum absolute atomic E-state index is 0.238. The smallest absolute Gasteiger partial charge is 0.303 e. The number of aliphatic carboxylic acids is 2. The molecule has 4 heteroatoms. The van der Waals surface area contributed by atoms with Gasteiger partial charge in [0, 0.05) is 12.8 Å². The van der Waals surface area contributed by atoms with E-state index in [1.54, 1.807) is 0 Å². The van der Waals surface area contributed by atoms with Gasteiger partial charge in [0.1, 0.15) is 0 Å². The number of carboxylic acid groups (broad SMARTS) is 2. The number of unbranched alkanes of at least 4 members (excludes halogenated alkanes) is 3. The molecule has 0 heterocycles. The van der Waals surface area contributed by atoms with Crippen LogP contribution in [-0.2, 0) is 9.59 Å². The van der Waals surface area contributed by atoms with Gasteiger partial charge in [-0.3, -0.25) is 9.59 Å². The Balaban J connectivity index is 3.43. The first-order valence-corrected chi connectivity index (χ1v) is 8.66. The van der Waals surface area contributed by atoms with Crippen molar-refractivity contribution in [1.29, 1.82) is 0 Å². The number of hydrogen-bond acceptors (Lipinski definition) is 2. The van der Waals surface area contributed by atoms with Crippen LogP contribution >= 0.6 is 0 Å². The predicted octanol–water partition coefficient (Wildman–Crippen LogP) is 5.28. The van der Waals surface area contributed by atoms with E-state index in [-0.39, 0.29) is 12.8 Å². The van der Waals surface area contributed by atoms with E-state index >= 15 is 0 Å². The number of hydrogen-bond donors (Lipinski definition) is 2. The summed E-state index contributed by atoms with van der Waals surface area (Å²) in [5, 5.41) is 17.0. The third-order valence-corrected chi connectivity index (χ3v) is 3.26. The van der Waals surface area contributed by atoms with Crippen LogP contribution in [0.5, 0.6) is 0 Å². The maximum absolute atomic E-state index is 10.3. The second kappa shape index (κ2) is 17.3. The van der Waals surface area contributed by atoms with Gasteiger partial charge >= 0.3 is 11.9 Å². The third-order valence-electron chi connectivity index (χ3n) is 3.26. The largest absolute Gasteiger partial charge is 0.481 e. The van der Waals surface area contributed by atoms with Gasteiger partial charge in [-0.15, -0.1) is 0 Å². The summed E-state index contributed by atoms with van der Waals surface area (Å²) in [5.74, 6) is -1.45. The van der Waals surface area contributed by atoms with E-state index in [0.717, 1.165) is 44.9 Å². The zero-order valence-electron chi connectivity index (χ0n) is 14.4. The van der Waals surface area contributed by atoms with Crippen molar-refractivity contribution >= 4 is 11.9 Å². The Morgan fingerprint density at radius 1 is 0.542 bits per heavy atom. The van der Waals surface area contributed by atoms with Gasteiger partial charge < -0.3 is 10.2 Å². The lowest BCUT2D eigenvalue weighted by atomic mass is 10.2. The molecule has 134 valence electrons. The average Bonchev–Trinajstić information content (AvgIpc) is 2.53. The average molecular weight is 334 g/mol. The van der Waals surface area contributed by atoms with Crippen molar-refractivity contribution in [3.63, 3.8) is 0 Å².